The first-order chi connectivity index (χ1) is 10.8. The average Bonchev–Trinajstić information content (AvgIpc) is 3.02. The molecule has 2 aromatic heterocycles. The molecule has 1 aliphatic carbocycles. The molecule has 2 fully saturated rings. The second kappa shape index (κ2) is 5.24. The summed E-state index contributed by atoms with van der Waals surface area (Å²) in [5.41, 5.74) is 0.889. The quantitative estimate of drug-likeness (QED) is 0.932. The number of hydrogen-bond donors (Lipinski definition) is 1. The van der Waals surface area contributed by atoms with Gasteiger partial charge in [-0.05, 0) is 12.8 Å². The van der Waals surface area contributed by atoms with Gasteiger partial charge in [0.25, 0.3) is 5.91 Å². The molecule has 1 amide bonds. The number of aromatic nitrogens is 3. The molecule has 116 valence electrons. The molecule has 7 heteroatoms. The summed E-state index contributed by atoms with van der Waals surface area (Å²) >= 11 is 0. The van der Waals surface area contributed by atoms with Gasteiger partial charge in [-0.2, -0.15) is 0 Å². The number of nitrogens with one attached hydrogen (secondary N) is 1. The van der Waals surface area contributed by atoms with Crippen LogP contribution in [0.25, 0.3) is 0 Å². The summed E-state index contributed by atoms with van der Waals surface area (Å²) < 4.78 is 10.7. The number of methoxy groups -OCH3 is 1. The molecule has 1 saturated heterocycles. The Bertz CT molecular complexity index is 662. The molecule has 0 spiro atoms. The number of H-pyrrole nitrogens is 1. The van der Waals surface area contributed by atoms with Gasteiger partial charge in [0.2, 0.25) is 5.76 Å². The molecule has 1 saturated carbocycles. The molecule has 2 aromatic rings. The van der Waals surface area contributed by atoms with E-state index in [4.69, 9.17) is 9.26 Å². The Labute approximate surface area is 127 Å². The fraction of sp³-hybridized carbons (Fsp3) is 0.533. The lowest BCUT2D eigenvalue weighted by molar-refractivity contribution is 0.0645. The first kappa shape index (κ1) is 13.5. The first-order valence-electron chi connectivity index (χ1n) is 7.56. The van der Waals surface area contributed by atoms with E-state index in [2.05, 4.69) is 15.1 Å². The van der Waals surface area contributed by atoms with Crippen LogP contribution in [0.2, 0.25) is 0 Å². The molecule has 2 aliphatic rings. The lowest BCUT2D eigenvalue weighted by atomic mass is 10.2. The SMILES string of the molecule is CO[C@@H]1CC(c2ncc[nH]2)N(C(=O)c2cc(C3CC3)no2)C1. The molecule has 3 heterocycles. The van der Waals surface area contributed by atoms with E-state index >= 15 is 0 Å². The third-order valence-corrected chi connectivity index (χ3v) is 4.43. The van der Waals surface area contributed by atoms with Gasteiger partial charge >= 0.3 is 0 Å². The molecule has 1 N–H and O–H groups in total. The standard InChI is InChI=1S/C15H18N4O3/c1-21-10-6-12(14-16-4-5-17-14)19(8-10)15(20)13-7-11(18-22-13)9-2-3-9/h4-5,7,9-10,12H,2-3,6,8H2,1H3,(H,16,17)/t10-,12?/m1/s1. The molecule has 2 atom stereocenters. The van der Waals surface area contributed by atoms with Crippen LogP contribution in [-0.4, -0.2) is 45.7 Å². The average molecular weight is 302 g/mol. The largest absolute Gasteiger partial charge is 0.380 e. The van der Waals surface area contributed by atoms with Crippen LogP contribution in [0.15, 0.2) is 23.0 Å². The Hall–Kier alpha value is -2.15. The zero-order chi connectivity index (χ0) is 15.1. The topological polar surface area (TPSA) is 84.2 Å². The van der Waals surface area contributed by atoms with Gasteiger partial charge in [0.05, 0.1) is 17.8 Å². The van der Waals surface area contributed by atoms with E-state index in [0.717, 1.165) is 30.8 Å². The van der Waals surface area contributed by atoms with Crippen molar-refractivity contribution in [3.63, 3.8) is 0 Å². The fourth-order valence-electron chi connectivity index (χ4n) is 3.01. The number of rotatable bonds is 4. The fourth-order valence-corrected chi connectivity index (χ4v) is 3.01. The second-order valence-electron chi connectivity index (χ2n) is 5.93. The van der Waals surface area contributed by atoms with E-state index in [9.17, 15) is 4.79 Å². The van der Waals surface area contributed by atoms with Crippen LogP contribution in [0.3, 0.4) is 0 Å². The summed E-state index contributed by atoms with van der Waals surface area (Å²) in [6.45, 7) is 0.528. The predicted octanol–water partition coefficient (Wildman–Crippen LogP) is 1.88. The number of amides is 1. The summed E-state index contributed by atoms with van der Waals surface area (Å²) in [7, 11) is 1.66. The number of imidazole rings is 1. The van der Waals surface area contributed by atoms with Gasteiger partial charge < -0.3 is 19.1 Å². The second-order valence-corrected chi connectivity index (χ2v) is 5.93. The van der Waals surface area contributed by atoms with Gasteiger partial charge in [-0.15, -0.1) is 0 Å². The number of carbonyl (C=O) groups is 1. The monoisotopic (exact) mass is 302 g/mol. The Morgan fingerprint density at radius 1 is 1.50 bits per heavy atom. The molecule has 7 nitrogen and oxygen atoms in total. The predicted molar refractivity (Wildman–Crippen MR) is 76.3 cm³/mol. The van der Waals surface area contributed by atoms with E-state index in [0.29, 0.717) is 18.2 Å². The molecule has 0 radical (unpaired) electrons. The Kier molecular flexibility index (Phi) is 3.22. The summed E-state index contributed by atoms with van der Waals surface area (Å²) in [5.74, 6) is 1.39. The minimum atomic E-state index is -0.152. The maximum absolute atomic E-state index is 12.8. The third kappa shape index (κ3) is 2.31. The summed E-state index contributed by atoms with van der Waals surface area (Å²) in [6.07, 6.45) is 6.44. The van der Waals surface area contributed by atoms with Crippen molar-refractivity contribution in [1.82, 2.24) is 20.0 Å². The summed E-state index contributed by atoms with van der Waals surface area (Å²) in [4.78, 5) is 21.9. The van der Waals surface area contributed by atoms with Crippen molar-refractivity contribution in [3.8, 4) is 0 Å². The van der Waals surface area contributed by atoms with Crippen molar-refractivity contribution < 1.29 is 14.1 Å². The molecular formula is C15H18N4O3. The van der Waals surface area contributed by atoms with E-state index in [1.165, 1.54) is 0 Å². The van der Waals surface area contributed by atoms with Gasteiger partial charge in [-0.1, -0.05) is 5.16 Å². The summed E-state index contributed by atoms with van der Waals surface area (Å²) in [6, 6.07) is 1.65. The summed E-state index contributed by atoms with van der Waals surface area (Å²) in [5, 5.41) is 4.02. The first-order valence-corrected chi connectivity index (χ1v) is 7.56. The Morgan fingerprint density at radius 3 is 3.05 bits per heavy atom. The van der Waals surface area contributed by atoms with E-state index < -0.39 is 0 Å². The van der Waals surface area contributed by atoms with Crippen LogP contribution in [0.1, 0.15) is 53.3 Å². The van der Waals surface area contributed by atoms with Crippen molar-refractivity contribution >= 4 is 5.91 Å². The number of ether oxygens (including phenoxy) is 1. The number of hydrogen-bond acceptors (Lipinski definition) is 5. The Morgan fingerprint density at radius 2 is 2.36 bits per heavy atom. The van der Waals surface area contributed by atoms with Crippen LogP contribution in [0.4, 0.5) is 0 Å². The highest BCUT2D eigenvalue weighted by molar-refractivity contribution is 5.92. The minimum Gasteiger partial charge on any atom is -0.380 e. The van der Waals surface area contributed by atoms with E-state index in [1.54, 1.807) is 30.5 Å². The maximum atomic E-state index is 12.8. The molecule has 0 bridgehead atoms. The molecule has 1 aliphatic heterocycles. The van der Waals surface area contributed by atoms with Crippen LogP contribution < -0.4 is 0 Å². The molecule has 22 heavy (non-hydrogen) atoms. The number of aromatic amines is 1. The Balaban J connectivity index is 1.58. The lowest BCUT2D eigenvalue weighted by Gasteiger charge is -2.21. The zero-order valence-corrected chi connectivity index (χ0v) is 12.4. The van der Waals surface area contributed by atoms with Crippen molar-refractivity contribution in [1.29, 1.82) is 0 Å². The van der Waals surface area contributed by atoms with Gasteiger partial charge in [0.1, 0.15) is 5.82 Å². The van der Waals surface area contributed by atoms with Crippen molar-refractivity contribution in [2.24, 2.45) is 0 Å². The maximum Gasteiger partial charge on any atom is 0.293 e. The van der Waals surface area contributed by atoms with Gasteiger partial charge in [-0.3, -0.25) is 4.79 Å². The van der Waals surface area contributed by atoms with Crippen LogP contribution in [0.5, 0.6) is 0 Å². The van der Waals surface area contributed by atoms with Crippen molar-refractivity contribution in [2.45, 2.75) is 37.3 Å². The number of likely N-dealkylation sites (tertiary alicyclic amines) is 1. The van der Waals surface area contributed by atoms with E-state index in [1.807, 2.05) is 0 Å². The van der Waals surface area contributed by atoms with Crippen molar-refractivity contribution in [2.75, 3.05) is 13.7 Å². The molecule has 0 aromatic carbocycles. The molecule has 4 rings (SSSR count). The third-order valence-electron chi connectivity index (χ3n) is 4.43. The number of nitrogens with zero attached hydrogens (tertiary/aromatic N) is 3. The van der Waals surface area contributed by atoms with Gasteiger partial charge in [-0.25, -0.2) is 4.98 Å². The van der Waals surface area contributed by atoms with Gasteiger partial charge in [0, 0.05) is 44.5 Å². The molecule has 1 unspecified atom stereocenters. The normalized spacial score (nSPS) is 24.9. The van der Waals surface area contributed by atoms with Crippen LogP contribution >= 0.6 is 0 Å². The number of carbonyl (C=O) groups excluding carboxylic acids is 1. The highest BCUT2D eigenvalue weighted by atomic mass is 16.5. The van der Waals surface area contributed by atoms with Crippen LogP contribution in [-0.2, 0) is 4.74 Å². The van der Waals surface area contributed by atoms with Gasteiger partial charge in [0.15, 0.2) is 0 Å². The lowest BCUT2D eigenvalue weighted by Crippen LogP contribution is -2.32. The van der Waals surface area contributed by atoms with Crippen molar-refractivity contribution in [3.05, 3.63) is 35.7 Å². The highest BCUT2D eigenvalue weighted by Crippen LogP contribution is 2.40. The molecular weight excluding hydrogens is 284 g/mol. The minimum absolute atomic E-state index is 0.00451. The zero-order valence-electron chi connectivity index (χ0n) is 12.4. The highest BCUT2D eigenvalue weighted by Gasteiger charge is 2.39. The van der Waals surface area contributed by atoms with Crippen LogP contribution in [0, 0.1) is 0 Å². The van der Waals surface area contributed by atoms with E-state index in [-0.39, 0.29) is 18.1 Å². The smallest absolute Gasteiger partial charge is 0.293 e.